The van der Waals surface area contributed by atoms with Crippen molar-refractivity contribution in [3.8, 4) is 0 Å². The van der Waals surface area contributed by atoms with Gasteiger partial charge in [-0.25, -0.2) is 4.39 Å². The van der Waals surface area contributed by atoms with Gasteiger partial charge in [0.05, 0.1) is 0 Å². The minimum Gasteiger partial charge on any atom is -0.352 e. The lowest BCUT2D eigenvalue weighted by molar-refractivity contribution is 0.0937. The van der Waals surface area contributed by atoms with E-state index in [1.54, 1.807) is 12.1 Å². The number of hydrogen-bond acceptors (Lipinski definition) is 2. The standard InChI is InChI=1S/C14H19FN2O/c1-10-8-16-6-5-12(10)9-17-14(18)11-3-2-4-13(15)7-11/h2-4,7,10,12,16H,5-6,8-9H2,1H3,(H,17,18). The number of piperidine rings is 1. The van der Waals surface area contributed by atoms with E-state index >= 15 is 0 Å². The number of carbonyl (C=O) groups is 1. The van der Waals surface area contributed by atoms with E-state index in [1.807, 2.05) is 0 Å². The molecule has 1 heterocycles. The fourth-order valence-corrected chi connectivity index (χ4v) is 2.33. The van der Waals surface area contributed by atoms with Gasteiger partial charge in [0.15, 0.2) is 0 Å². The number of nitrogens with one attached hydrogen (secondary N) is 2. The number of amides is 1. The van der Waals surface area contributed by atoms with Gasteiger partial charge in [-0.2, -0.15) is 0 Å². The van der Waals surface area contributed by atoms with Crippen LogP contribution in [0.5, 0.6) is 0 Å². The lowest BCUT2D eigenvalue weighted by Gasteiger charge is -2.29. The highest BCUT2D eigenvalue weighted by atomic mass is 19.1. The minimum absolute atomic E-state index is 0.194. The molecule has 1 aliphatic heterocycles. The van der Waals surface area contributed by atoms with Gasteiger partial charge < -0.3 is 10.6 Å². The smallest absolute Gasteiger partial charge is 0.251 e. The predicted octanol–water partition coefficient (Wildman–Crippen LogP) is 1.80. The first-order valence-corrected chi connectivity index (χ1v) is 6.41. The Bertz CT molecular complexity index is 422. The van der Waals surface area contributed by atoms with E-state index in [9.17, 15) is 9.18 Å². The molecular formula is C14H19FN2O. The maximum Gasteiger partial charge on any atom is 0.251 e. The molecule has 0 bridgehead atoms. The van der Waals surface area contributed by atoms with Crippen LogP contribution in [0.25, 0.3) is 0 Å². The van der Waals surface area contributed by atoms with Crippen LogP contribution in [0, 0.1) is 17.7 Å². The highest BCUT2D eigenvalue weighted by molar-refractivity contribution is 5.94. The summed E-state index contributed by atoms with van der Waals surface area (Å²) in [5.41, 5.74) is 0.386. The van der Waals surface area contributed by atoms with Crippen LogP contribution in [0.3, 0.4) is 0 Å². The molecule has 4 heteroatoms. The molecule has 2 N–H and O–H groups in total. The summed E-state index contributed by atoms with van der Waals surface area (Å²) in [6.45, 7) is 4.86. The van der Waals surface area contributed by atoms with E-state index in [0.717, 1.165) is 19.5 Å². The third-order valence-electron chi connectivity index (χ3n) is 3.57. The average Bonchev–Trinajstić information content (AvgIpc) is 2.37. The van der Waals surface area contributed by atoms with E-state index in [0.29, 0.717) is 23.9 Å². The van der Waals surface area contributed by atoms with Crippen LogP contribution in [-0.2, 0) is 0 Å². The Labute approximate surface area is 107 Å². The number of benzene rings is 1. The highest BCUT2D eigenvalue weighted by Crippen LogP contribution is 2.17. The van der Waals surface area contributed by atoms with Crippen molar-refractivity contribution in [1.29, 1.82) is 0 Å². The second-order valence-electron chi connectivity index (χ2n) is 4.95. The summed E-state index contributed by atoms with van der Waals surface area (Å²) in [5, 5.41) is 6.22. The normalized spacial score (nSPS) is 23.7. The maximum absolute atomic E-state index is 13.0. The van der Waals surface area contributed by atoms with E-state index in [1.165, 1.54) is 12.1 Å². The van der Waals surface area contributed by atoms with Crippen LogP contribution in [0.15, 0.2) is 24.3 Å². The first-order valence-electron chi connectivity index (χ1n) is 6.41. The molecule has 1 saturated heterocycles. The molecule has 0 aliphatic carbocycles. The van der Waals surface area contributed by atoms with E-state index in [4.69, 9.17) is 0 Å². The van der Waals surface area contributed by atoms with Crippen LogP contribution in [0.1, 0.15) is 23.7 Å². The Morgan fingerprint density at radius 3 is 3.11 bits per heavy atom. The van der Waals surface area contributed by atoms with Gasteiger partial charge in [-0.15, -0.1) is 0 Å². The van der Waals surface area contributed by atoms with Crippen molar-refractivity contribution < 1.29 is 9.18 Å². The van der Waals surface area contributed by atoms with Crippen molar-refractivity contribution in [2.45, 2.75) is 13.3 Å². The molecule has 1 aromatic carbocycles. The Morgan fingerprint density at radius 2 is 2.39 bits per heavy atom. The molecule has 2 atom stereocenters. The molecule has 1 aliphatic rings. The molecule has 0 saturated carbocycles. The van der Waals surface area contributed by atoms with Gasteiger partial charge in [0.1, 0.15) is 5.82 Å². The van der Waals surface area contributed by atoms with Gasteiger partial charge in [0, 0.05) is 12.1 Å². The van der Waals surface area contributed by atoms with Crippen LogP contribution in [-0.4, -0.2) is 25.5 Å². The first kappa shape index (κ1) is 13.0. The lowest BCUT2D eigenvalue weighted by atomic mass is 9.88. The molecule has 1 amide bonds. The maximum atomic E-state index is 13.0. The van der Waals surface area contributed by atoms with Crippen LogP contribution in [0.4, 0.5) is 4.39 Å². The molecule has 0 spiro atoms. The molecular weight excluding hydrogens is 231 g/mol. The summed E-state index contributed by atoms with van der Waals surface area (Å²) in [7, 11) is 0. The minimum atomic E-state index is -0.377. The van der Waals surface area contributed by atoms with Gasteiger partial charge in [0.2, 0.25) is 0 Å². The summed E-state index contributed by atoms with van der Waals surface area (Å²) in [5.74, 6) is 0.494. The molecule has 2 rings (SSSR count). The van der Waals surface area contributed by atoms with Gasteiger partial charge in [0.25, 0.3) is 5.91 Å². The summed E-state index contributed by atoms with van der Waals surface area (Å²) >= 11 is 0. The Hall–Kier alpha value is -1.42. The summed E-state index contributed by atoms with van der Waals surface area (Å²) < 4.78 is 13.0. The third kappa shape index (κ3) is 3.29. The zero-order valence-corrected chi connectivity index (χ0v) is 10.6. The summed E-state index contributed by atoms with van der Waals surface area (Å²) in [4.78, 5) is 11.9. The van der Waals surface area contributed by atoms with Gasteiger partial charge >= 0.3 is 0 Å². The fourth-order valence-electron chi connectivity index (χ4n) is 2.33. The van der Waals surface area contributed by atoms with E-state index in [2.05, 4.69) is 17.6 Å². The van der Waals surface area contributed by atoms with Crippen molar-refractivity contribution in [2.24, 2.45) is 11.8 Å². The molecule has 1 fully saturated rings. The molecule has 18 heavy (non-hydrogen) atoms. The van der Waals surface area contributed by atoms with E-state index in [-0.39, 0.29) is 11.7 Å². The van der Waals surface area contributed by atoms with Crippen molar-refractivity contribution in [3.63, 3.8) is 0 Å². The molecule has 98 valence electrons. The second kappa shape index (κ2) is 5.96. The topological polar surface area (TPSA) is 41.1 Å². The lowest BCUT2D eigenvalue weighted by Crippen LogP contribution is -2.41. The average molecular weight is 250 g/mol. The van der Waals surface area contributed by atoms with Crippen molar-refractivity contribution in [1.82, 2.24) is 10.6 Å². The van der Waals surface area contributed by atoms with Crippen LogP contribution in [0.2, 0.25) is 0 Å². The van der Waals surface area contributed by atoms with Crippen LogP contribution >= 0.6 is 0 Å². The monoisotopic (exact) mass is 250 g/mol. The van der Waals surface area contributed by atoms with Crippen molar-refractivity contribution in [3.05, 3.63) is 35.6 Å². The molecule has 1 aromatic rings. The highest BCUT2D eigenvalue weighted by Gasteiger charge is 2.21. The first-order chi connectivity index (χ1) is 8.66. The third-order valence-corrected chi connectivity index (χ3v) is 3.57. The number of hydrogen-bond donors (Lipinski definition) is 2. The SMILES string of the molecule is CC1CNCCC1CNC(=O)c1cccc(F)c1. The molecule has 3 nitrogen and oxygen atoms in total. The molecule has 2 unspecified atom stereocenters. The van der Waals surface area contributed by atoms with Crippen molar-refractivity contribution in [2.75, 3.05) is 19.6 Å². The quantitative estimate of drug-likeness (QED) is 0.859. The number of rotatable bonds is 3. The Kier molecular flexibility index (Phi) is 4.31. The predicted molar refractivity (Wildman–Crippen MR) is 68.9 cm³/mol. The van der Waals surface area contributed by atoms with E-state index < -0.39 is 0 Å². The molecule has 0 aromatic heterocycles. The van der Waals surface area contributed by atoms with Gasteiger partial charge in [-0.05, 0) is 49.5 Å². The summed E-state index contributed by atoms with van der Waals surface area (Å²) in [6, 6.07) is 5.79. The van der Waals surface area contributed by atoms with Crippen LogP contribution < -0.4 is 10.6 Å². The summed E-state index contributed by atoms with van der Waals surface area (Å²) in [6.07, 6.45) is 1.07. The second-order valence-corrected chi connectivity index (χ2v) is 4.95. The van der Waals surface area contributed by atoms with Gasteiger partial charge in [-0.1, -0.05) is 13.0 Å². The van der Waals surface area contributed by atoms with Gasteiger partial charge in [-0.3, -0.25) is 4.79 Å². The number of carbonyl (C=O) groups excluding carboxylic acids is 1. The zero-order valence-electron chi connectivity index (χ0n) is 10.6. The molecule has 0 radical (unpaired) electrons. The zero-order chi connectivity index (χ0) is 13.0. The Balaban J connectivity index is 1.88. The van der Waals surface area contributed by atoms with Crippen molar-refractivity contribution >= 4 is 5.91 Å². The fraction of sp³-hybridized carbons (Fsp3) is 0.500. The number of halogens is 1. The largest absolute Gasteiger partial charge is 0.352 e. The Morgan fingerprint density at radius 1 is 1.56 bits per heavy atom.